The van der Waals surface area contributed by atoms with E-state index in [1.807, 2.05) is 0 Å². The fourth-order valence-electron chi connectivity index (χ4n) is 2.64. The van der Waals surface area contributed by atoms with Gasteiger partial charge in [0, 0.05) is 5.69 Å². The van der Waals surface area contributed by atoms with Gasteiger partial charge in [-0.1, -0.05) is 48.5 Å². The van der Waals surface area contributed by atoms with Crippen LogP contribution in [0.5, 0.6) is 0 Å². The summed E-state index contributed by atoms with van der Waals surface area (Å²) in [7, 11) is 0. The largest absolute Gasteiger partial charge is 1.00 e. The van der Waals surface area contributed by atoms with Crippen LogP contribution in [0.25, 0.3) is 0 Å². The van der Waals surface area contributed by atoms with Crippen LogP contribution in [0.4, 0.5) is 10.5 Å². The van der Waals surface area contributed by atoms with Crippen LogP contribution in [0.2, 0.25) is 0 Å². The van der Waals surface area contributed by atoms with Crippen LogP contribution < -0.4 is 39.6 Å². The van der Waals surface area contributed by atoms with Crippen molar-refractivity contribution in [1.82, 2.24) is 4.90 Å². The van der Waals surface area contributed by atoms with Crippen LogP contribution in [-0.2, 0) is 9.59 Å². The summed E-state index contributed by atoms with van der Waals surface area (Å²) in [4.78, 5) is 38.1. The van der Waals surface area contributed by atoms with E-state index < -0.39 is 30.5 Å². The van der Waals surface area contributed by atoms with Gasteiger partial charge < -0.3 is 9.90 Å². The number of amides is 3. The van der Waals surface area contributed by atoms with E-state index >= 15 is 0 Å². The third-order valence-corrected chi connectivity index (χ3v) is 3.63. The molecule has 2 aromatic carbocycles. The maximum Gasteiger partial charge on any atom is 1.00 e. The first-order valence-electron chi connectivity index (χ1n) is 7.04. The fraction of sp³-hybridized carbons (Fsp3) is 0.118. The molecule has 0 spiro atoms. The van der Waals surface area contributed by atoms with E-state index in [0.717, 1.165) is 0 Å². The molecular formula is C17H13N2NaO4. The van der Waals surface area contributed by atoms with Gasteiger partial charge in [0.15, 0.2) is 0 Å². The van der Waals surface area contributed by atoms with E-state index in [1.165, 1.54) is 4.90 Å². The van der Waals surface area contributed by atoms with E-state index in [2.05, 4.69) is 0 Å². The van der Waals surface area contributed by atoms with Gasteiger partial charge >= 0.3 is 35.6 Å². The standard InChI is InChI=1S/C17H14N2O4.Na/c20-14(21)11-18-16(22)15(12-7-3-1-4-8-12)19(17(18)23)13-9-5-2-6-10-13;/h1-10,15H,11H2,(H,20,21);/q;+1/p-1. The van der Waals surface area contributed by atoms with Gasteiger partial charge in [-0.2, -0.15) is 0 Å². The number of carbonyl (C=O) groups excluding carboxylic acids is 3. The van der Waals surface area contributed by atoms with Crippen LogP contribution in [0, 0.1) is 0 Å². The van der Waals surface area contributed by atoms with Crippen molar-refractivity contribution in [2.45, 2.75) is 6.04 Å². The quantitative estimate of drug-likeness (QED) is 0.477. The van der Waals surface area contributed by atoms with Gasteiger partial charge in [-0.25, -0.2) is 4.79 Å². The minimum absolute atomic E-state index is 0. The molecule has 0 aliphatic carbocycles. The first kappa shape index (κ1) is 18.2. The number of imide groups is 1. The van der Waals surface area contributed by atoms with Crippen molar-refractivity contribution < 1.29 is 49.0 Å². The Hall–Kier alpha value is -2.15. The molecule has 0 radical (unpaired) electrons. The Balaban J connectivity index is 0.00000208. The van der Waals surface area contributed by atoms with Crippen LogP contribution in [0.3, 0.4) is 0 Å². The monoisotopic (exact) mass is 332 g/mol. The smallest absolute Gasteiger partial charge is 0.548 e. The van der Waals surface area contributed by atoms with Crippen LogP contribution >= 0.6 is 0 Å². The third kappa shape index (κ3) is 3.36. The summed E-state index contributed by atoms with van der Waals surface area (Å²) in [5.74, 6) is -2.05. The molecule has 24 heavy (non-hydrogen) atoms. The second-order valence-electron chi connectivity index (χ2n) is 5.10. The van der Waals surface area contributed by atoms with Gasteiger partial charge in [-0.05, 0) is 17.7 Å². The minimum atomic E-state index is -1.48. The summed E-state index contributed by atoms with van der Waals surface area (Å²) >= 11 is 0. The van der Waals surface area contributed by atoms with Crippen molar-refractivity contribution in [3.8, 4) is 0 Å². The topological polar surface area (TPSA) is 80.8 Å². The molecule has 0 saturated carbocycles. The average Bonchev–Trinajstić information content (AvgIpc) is 2.80. The van der Waals surface area contributed by atoms with E-state index in [-0.39, 0.29) is 29.6 Å². The minimum Gasteiger partial charge on any atom is -0.548 e. The van der Waals surface area contributed by atoms with Gasteiger partial charge in [-0.15, -0.1) is 0 Å². The van der Waals surface area contributed by atoms with Crippen molar-refractivity contribution in [3.05, 3.63) is 66.2 Å². The molecule has 3 amide bonds. The number of carbonyl (C=O) groups is 3. The normalized spacial score (nSPS) is 16.9. The summed E-state index contributed by atoms with van der Waals surface area (Å²) in [6.07, 6.45) is 0. The molecule has 1 unspecified atom stereocenters. The molecule has 116 valence electrons. The molecule has 1 aliphatic rings. The molecule has 3 rings (SSSR count). The molecule has 1 saturated heterocycles. The fourth-order valence-corrected chi connectivity index (χ4v) is 2.64. The molecule has 0 aromatic heterocycles. The molecule has 6 nitrogen and oxygen atoms in total. The number of nitrogens with zero attached hydrogens (tertiary/aromatic N) is 2. The Morgan fingerprint density at radius 3 is 2.04 bits per heavy atom. The molecule has 2 aromatic rings. The summed E-state index contributed by atoms with van der Waals surface area (Å²) in [5.41, 5.74) is 1.15. The predicted octanol–water partition coefficient (Wildman–Crippen LogP) is -2.05. The molecule has 7 heteroatoms. The van der Waals surface area contributed by atoms with E-state index in [0.29, 0.717) is 16.2 Å². The number of rotatable bonds is 4. The summed E-state index contributed by atoms with van der Waals surface area (Å²) in [6.45, 7) is -0.760. The number of anilines is 1. The van der Waals surface area contributed by atoms with E-state index in [1.54, 1.807) is 60.7 Å². The number of carboxylic acid groups (broad SMARTS) is 1. The van der Waals surface area contributed by atoms with Crippen molar-refractivity contribution in [2.75, 3.05) is 11.4 Å². The van der Waals surface area contributed by atoms with Gasteiger partial charge in [0.1, 0.15) is 6.04 Å². The maximum absolute atomic E-state index is 12.6. The molecule has 1 fully saturated rings. The van der Waals surface area contributed by atoms with Crippen molar-refractivity contribution in [3.63, 3.8) is 0 Å². The van der Waals surface area contributed by atoms with Crippen molar-refractivity contribution in [2.24, 2.45) is 0 Å². The van der Waals surface area contributed by atoms with Crippen molar-refractivity contribution in [1.29, 1.82) is 0 Å². The molecule has 1 heterocycles. The number of hydrogen-bond acceptors (Lipinski definition) is 4. The number of hydrogen-bond donors (Lipinski definition) is 0. The van der Waals surface area contributed by atoms with Crippen LogP contribution in [0.15, 0.2) is 60.7 Å². The summed E-state index contributed by atoms with van der Waals surface area (Å²) in [6, 6.07) is 15.9. The molecule has 1 aliphatic heterocycles. The SMILES string of the molecule is O=C([O-])CN1C(=O)C(c2ccccc2)N(c2ccccc2)C1=O.[Na+]. The number of carboxylic acids is 1. The molecule has 0 bridgehead atoms. The van der Waals surface area contributed by atoms with E-state index in [9.17, 15) is 19.5 Å². The zero-order valence-electron chi connectivity index (χ0n) is 13.1. The van der Waals surface area contributed by atoms with Gasteiger partial charge in [0.25, 0.3) is 5.91 Å². The van der Waals surface area contributed by atoms with Gasteiger partial charge in [0.2, 0.25) is 0 Å². The van der Waals surface area contributed by atoms with Gasteiger partial charge in [-0.3, -0.25) is 14.6 Å². The number of benzene rings is 2. The molecular weight excluding hydrogens is 319 g/mol. The summed E-state index contributed by atoms with van der Waals surface area (Å²) < 4.78 is 0. The Morgan fingerprint density at radius 1 is 0.958 bits per heavy atom. The van der Waals surface area contributed by atoms with Crippen LogP contribution in [-0.4, -0.2) is 29.4 Å². The Morgan fingerprint density at radius 2 is 1.50 bits per heavy atom. The van der Waals surface area contributed by atoms with Crippen molar-refractivity contribution >= 4 is 23.6 Å². The van der Waals surface area contributed by atoms with Crippen LogP contribution in [0.1, 0.15) is 11.6 Å². The number of para-hydroxylation sites is 1. The molecule has 0 N–H and O–H groups in total. The average molecular weight is 332 g/mol. The Kier molecular flexibility index (Phi) is 5.77. The van der Waals surface area contributed by atoms with Gasteiger partial charge in [0.05, 0.1) is 12.5 Å². The Bertz CT molecular complexity index is 694. The Labute approximate surface area is 161 Å². The second-order valence-corrected chi connectivity index (χ2v) is 5.10. The zero-order chi connectivity index (χ0) is 16.4. The third-order valence-electron chi connectivity index (χ3n) is 3.63. The number of urea groups is 1. The maximum atomic E-state index is 12.6. The number of aliphatic carboxylic acids is 1. The first-order chi connectivity index (χ1) is 11.1. The predicted molar refractivity (Wildman–Crippen MR) is 80.2 cm³/mol. The zero-order valence-corrected chi connectivity index (χ0v) is 15.1. The van der Waals surface area contributed by atoms with E-state index in [4.69, 9.17) is 0 Å². The molecule has 1 atom stereocenters. The first-order valence-corrected chi connectivity index (χ1v) is 7.04. The summed E-state index contributed by atoms with van der Waals surface area (Å²) in [5, 5.41) is 10.9. The second kappa shape index (κ2) is 7.61.